The van der Waals surface area contributed by atoms with E-state index in [1.54, 1.807) is 11.9 Å². The molecule has 5 nitrogen and oxygen atoms in total. The van der Waals surface area contributed by atoms with Crippen LogP contribution in [-0.4, -0.2) is 28.1 Å². The molecule has 0 spiro atoms. The van der Waals surface area contributed by atoms with Crippen LogP contribution in [0, 0.1) is 0 Å². The zero-order valence-electron chi connectivity index (χ0n) is 9.85. The molecule has 18 heavy (non-hydrogen) atoms. The van der Waals surface area contributed by atoms with Crippen LogP contribution in [0.5, 0.6) is 0 Å². The van der Waals surface area contributed by atoms with Crippen LogP contribution >= 0.6 is 15.9 Å². The van der Waals surface area contributed by atoms with Crippen molar-refractivity contribution < 1.29 is 4.79 Å². The summed E-state index contributed by atoms with van der Waals surface area (Å²) in [7, 11) is 1.72. The average molecular weight is 309 g/mol. The average Bonchev–Trinajstić information content (AvgIpc) is 2.77. The number of nitrogens with zero attached hydrogens (tertiary/aromatic N) is 2. The van der Waals surface area contributed by atoms with E-state index in [4.69, 9.17) is 5.73 Å². The standard InChI is InChI=1S/C12H13BrN4O/c1-17(7-8-4-2-3-5-9(8)13)12(18)11-10(14)6-15-16-11/h2-6H,7,14H2,1H3,(H,15,16). The SMILES string of the molecule is CN(Cc1ccccc1Br)C(=O)c1[nH]ncc1N. The molecular formula is C12H13BrN4O. The number of aromatic amines is 1. The summed E-state index contributed by atoms with van der Waals surface area (Å²) >= 11 is 3.45. The molecular weight excluding hydrogens is 296 g/mol. The zero-order chi connectivity index (χ0) is 13.1. The van der Waals surface area contributed by atoms with E-state index >= 15 is 0 Å². The second kappa shape index (κ2) is 5.22. The fourth-order valence-corrected chi connectivity index (χ4v) is 2.02. The quantitative estimate of drug-likeness (QED) is 0.911. The number of nitrogens with one attached hydrogen (secondary N) is 1. The van der Waals surface area contributed by atoms with E-state index in [1.807, 2.05) is 24.3 Å². The van der Waals surface area contributed by atoms with Crippen LogP contribution in [0.2, 0.25) is 0 Å². The molecule has 1 amide bonds. The van der Waals surface area contributed by atoms with Gasteiger partial charge in [0.25, 0.3) is 5.91 Å². The monoisotopic (exact) mass is 308 g/mol. The molecule has 0 radical (unpaired) electrons. The molecule has 0 atom stereocenters. The van der Waals surface area contributed by atoms with Crippen molar-refractivity contribution in [2.45, 2.75) is 6.54 Å². The first kappa shape index (κ1) is 12.6. The molecule has 3 N–H and O–H groups in total. The van der Waals surface area contributed by atoms with E-state index in [2.05, 4.69) is 26.1 Å². The van der Waals surface area contributed by atoms with Gasteiger partial charge in [0.05, 0.1) is 11.9 Å². The third kappa shape index (κ3) is 2.53. The van der Waals surface area contributed by atoms with Crippen LogP contribution in [0.3, 0.4) is 0 Å². The highest BCUT2D eigenvalue weighted by Crippen LogP contribution is 2.18. The maximum absolute atomic E-state index is 12.1. The van der Waals surface area contributed by atoms with Crippen molar-refractivity contribution in [2.24, 2.45) is 0 Å². The Bertz CT molecular complexity index is 567. The van der Waals surface area contributed by atoms with Crippen molar-refractivity contribution in [3.63, 3.8) is 0 Å². The summed E-state index contributed by atoms with van der Waals surface area (Å²) in [5.41, 5.74) is 7.37. The van der Waals surface area contributed by atoms with Gasteiger partial charge in [-0.15, -0.1) is 0 Å². The minimum absolute atomic E-state index is 0.180. The number of benzene rings is 1. The maximum atomic E-state index is 12.1. The minimum Gasteiger partial charge on any atom is -0.396 e. The highest BCUT2D eigenvalue weighted by molar-refractivity contribution is 9.10. The summed E-state index contributed by atoms with van der Waals surface area (Å²) in [5, 5.41) is 6.35. The second-order valence-electron chi connectivity index (χ2n) is 3.95. The normalized spacial score (nSPS) is 10.3. The van der Waals surface area contributed by atoms with Gasteiger partial charge >= 0.3 is 0 Å². The Labute approximate surface area is 113 Å². The number of amides is 1. The largest absolute Gasteiger partial charge is 0.396 e. The van der Waals surface area contributed by atoms with Gasteiger partial charge in [-0.05, 0) is 11.6 Å². The van der Waals surface area contributed by atoms with Crippen LogP contribution in [0.25, 0.3) is 0 Å². The molecule has 0 saturated heterocycles. The number of nitrogens with two attached hydrogens (primary N) is 1. The molecule has 0 aliphatic carbocycles. The first-order valence-corrected chi connectivity index (χ1v) is 6.16. The number of nitrogen functional groups attached to an aromatic ring is 1. The van der Waals surface area contributed by atoms with Crippen LogP contribution in [0.1, 0.15) is 16.1 Å². The molecule has 0 aliphatic heterocycles. The molecule has 0 fully saturated rings. The number of anilines is 1. The van der Waals surface area contributed by atoms with Gasteiger partial charge in [0, 0.05) is 18.1 Å². The van der Waals surface area contributed by atoms with Crippen molar-refractivity contribution in [2.75, 3.05) is 12.8 Å². The molecule has 94 valence electrons. The number of rotatable bonds is 3. The summed E-state index contributed by atoms with van der Waals surface area (Å²) in [6, 6.07) is 7.77. The lowest BCUT2D eigenvalue weighted by Crippen LogP contribution is -2.27. The van der Waals surface area contributed by atoms with E-state index < -0.39 is 0 Å². The summed E-state index contributed by atoms with van der Waals surface area (Å²) < 4.78 is 0.974. The molecule has 1 aromatic heterocycles. The van der Waals surface area contributed by atoms with Crippen LogP contribution in [0.15, 0.2) is 34.9 Å². The number of carbonyl (C=O) groups is 1. The number of carbonyl (C=O) groups excluding carboxylic acids is 1. The van der Waals surface area contributed by atoms with E-state index in [9.17, 15) is 4.79 Å². The summed E-state index contributed by atoms with van der Waals surface area (Å²) in [5.74, 6) is -0.180. The Morgan fingerprint density at radius 3 is 2.83 bits per heavy atom. The number of aromatic nitrogens is 2. The highest BCUT2D eigenvalue weighted by atomic mass is 79.9. The molecule has 2 rings (SSSR count). The third-order valence-electron chi connectivity index (χ3n) is 2.59. The summed E-state index contributed by atoms with van der Waals surface area (Å²) in [6.45, 7) is 0.499. The Balaban J connectivity index is 2.14. The lowest BCUT2D eigenvalue weighted by Gasteiger charge is -2.17. The minimum atomic E-state index is -0.180. The van der Waals surface area contributed by atoms with Gasteiger partial charge in [-0.1, -0.05) is 34.1 Å². The van der Waals surface area contributed by atoms with Crippen LogP contribution in [-0.2, 0) is 6.54 Å². The molecule has 0 unspecified atom stereocenters. The molecule has 0 bridgehead atoms. The molecule has 0 aliphatic rings. The second-order valence-corrected chi connectivity index (χ2v) is 4.81. The predicted molar refractivity (Wildman–Crippen MR) is 72.9 cm³/mol. The van der Waals surface area contributed by atoms with E-state index in [0.717, 1.165) is 10.0 Å². The van der Waals surface area contributed by atoms with Crippen molar-refractivity contribution >= 4 is 27.5 Å². The van der Waals surface area contributed by atoms with Gasteiger partial charge < -0.3 is 10.6 Å². The van der Waals surface area contributed by atoms with Gasteiger partial charge in [-0.2, -0.15) is 5.10 Å². The maximum Gasteiger partial charge on any atom is 0.274 e. The molecule has 2 aromatic rings. The van der Waals surface area contributed by atoms with Crippen molar-refractivity contribution in [3.8, 4) is 0 Å². The molecule has 6 heteroatoms. The summed E-state index contributed by atoms with van der Waals surface area (Å²) in [6.07, 6.45) is 1.43. The lowest BCUT2D eigenvalue weighted by molar-refractivity contribution is 0.0780. The number of hydrogen-bond donors (Lipinski definition) is 2. The smallest absolute Gasteiger partial charge is 0.274 e. The Kier molecular flexibility index (Phi) is 3.66. The Morgan fingerprint density at radius 2 is 2.22 bits per heavy atom. The van der Waals surface area contributed by atoms with Crippen LogP contribution < -0.4 is 5.73 Å². The van der Waals surface area contributed by atoms with E-state index in [-0.39, 0.29) is 5.91 Å². The number of halogens is 1. The molecule has 1 aromatic carbocycles. The fraction of sp³-hybridized carbons (Fsp3) is 0.167. The first-order chi connectivity index (χ1) is 8.59. The first-order valence-electron chi connectivity index (χ1n) is 5.37. The van der Waals surface area contributed by atoms with E-state index in [0.29, 0.717) is 17.9 Å². The molecule has 1 heterocycles. The summed E-state index contributed by atoms with van der Waals surface area (Å²) in [4.78, 5) is 13.7. The Hall–Kier alpha value is -1.82. The van der Waals surface area contributed by atoms with Gasteiger partial charge in [0.2, 0.25) is 0 Å². The predicted octanol–water partition coefficient (Wildman–Crippen LogP) is 2.03. The van der Waals surface area contributed by atoms with Crippen molar-refractivity contribution in [1.29, 1.82) is 0 Å². The third-order valence-corrected chi connectivity index (χ3v) is 3.37. The van der Waals surface area contributed by atoms with Gasteiger partial charge in [0.1, 0.15) is 5.69 Å². The lowest BCUT2D eigenvalue weighted by atomic mass is 10.2. The topological polar surface area (TPSA) is 75.0 Å². The van der Waals surface area contributed by atoms with Gasteiger partial charge in [0.15, 0.2) is 0 Å². The zero-order valence-corrected chi connectivity index (χ0v) is 11.4. The van der Waals surface area contributed by atoms with Gasteiger partial charge in [-0.25, -0.2) is 0 Å². The fourth-order valence-electron chi connectivity index (χ4n) is 1.61. The highest BCUT2D eigenvalue weighted by Gasteiger charge is 2.17. The van der Waals surface area contributed by atoms with Gasteiger partial charge in [-0.3, -0.25) is 9.89 Å². The van der Waals surface area contributed by atoms with Crippen molar-refractivity contribution in [1.82, 2.24) is 15.1 Å². The van der Waals surface area contributed by atoms with Crippen LogP contribution in [0.4, 0.5) is 5.69 Å². The number of hydrogen-bond acceptors (Lipinski definition) is 3. The number of H-pyrrole nitrogens is 1. The van der Waals surface area contributed by atoms with Crippen molar-refractivity contribution in [3.05, 3.63) is 46.2 Å². The molecule has 0 saturated carbocycles. The Morgan fingerprint density at radius 1 is 1.50 bits per heavy atom. The van der Waals surface area contributed by atoms with E-state index in [1.165, 1.54) is 6.20 Å².